The summed E-state index contributed by atoms with van der Waals surface area (Å²) in [5, 5.41) is 8.61. The summed E-state index contributed by atoms with van der Waals surface area (Å²) in [7, 11) is 0. The third-order valence-corrected chi connectivity index (χ3v) is 2.98. The number of carbonyl (C=O) groups excluding carboxylic acids is 1. The molecule has 22 heavy (non-hydrogen) atoms. The highest BCUT2D eigenvalue weighted by Crippen LogP contribution is 2.29. The van der Waals surface area contributed by atoms with Crippen molar-refractivity contribution in [2.75, 3.05) is 13.2 Å². The molecule has 5 heteroatoms. The van der Waals surface area contributed by atoms with Gasteiger partial charge in [0.1, 0.15) is 0 Å². The van der Waals surface area contributed by atoms with Crippen molar-refractivity contribution < 1.29 is 24.2 Å². The molecule has 1 rings (SSSR count). The van der Waals surface area contributed by atoms with Crippen LogP contribution in [0.15, 0.2) is 18.2 Å². The lowest BCUT2D eigenvalue weighted by Gasteiger charge is -2.13. The molecular weight excluding hydrogens is 284 g/mol. The average molecular weight is 308 g/mol. The lowest BCUT2D eigenvalue weighted by Crippen LogP contribution is -2.05. The molecule has 1 aromatic rings. The molecule has 0 unspecified atom stereocenters. The first-order valence-electron chi connectivity index (χ1n) is 7.73. The SMILES string of the molecule is CCCOc1ccc(C(=O)CCCC(=O)O)cc1OCCC. The largest absolute Gasteiger partial charge is 0.490 e. The summed E-state index contributed by atoms with van der Waals surface area (Å²) in [4.78, 5) is 22.6. The van der Waals surface area contributed by atoms with Crippen molar-refractivity contribution >= 4 is 11.8 Å². The van der Waals surface area contributed by atoms with Crippen molar-refractivity contribution in [2.24, 2.45) is 0 Å². The van der Waals surface area contributed by atoms with Gasteiger partial charge in [-0.2, -0.15) is 0 Å². The van der Waals surface area contributed by atoms with E-state index < -0.39 is 5.97 Å². The van der Waals surface area contributed by atoms with Crippen LogP contribution in [-0.4, -0.2) is 30.1 Å². The summed E-state index contributed by atoms with van der Waals surface area (Å²) < 4.78 is 11.3. The third kappa shape index (κ3) is 6.16. The molecule has 0 aliphatic carbocycles. The Balaban J connectivity index is 2.78. The Bertz CT molecular complexity index is 496. The summed E-state index contributed by atoms with van der Waals surface area (Å²) in [6, 6.07) is 5.13. The molecule has 0 fully saturated rings. The number of benzene rings is 1. The van der Waals surface area contributed by atoms with Gasteiger partial charge in [0.15, 0.2) is 17.3 Å². The molecule has 0 aliphatic heterocycles. The van der Waals surface area contributed by atoms with Gasteiger partial charge in [-0.1, -0.05) is 13.8 Å². The first kappa shape index (κ1) is 18.0. The van der Waals surface area contributed by atoms with Gasteiger partial charge in [0.25, 0.3) is 0 Å². The van der Waals surface area contributed by atoms with Gasteiger partial charge in [-0.05, 0) is 37.5 Å². The van der Waals surface area contributed by atoms with E-state index in [0.29, 0.717) is 36.7 Å². The van der Waals surface area contributed by atoms with Crippen molar-refractivity contribution in [3.63, 3.8) is 0 Å². The van der Waals surface area contributed by atoms with Gasteiger partial charge in [-0.15, -0.1) is 0 Å². The maximum atomic E-state index is 12.1. The molecule has 1 aromatic carbocycles. The molecule has 0 saturated heterocycles. The summed E-state index contributed by atoms with van der Waals surface area (Å²) >= 11 is 0. The first-order chi connectivity index (χ1) is 10.6. The smallest absolute Gasteiger partial charge is 0.303 e. The number of hydrogen-bond donors (Lipinski definition) is 1. The second kappa shape index (κ2) is 9.82. The van der Waals surface area contributed by atoms with Crippen molar-refractivity contribution in [3.8, 4) is 11.5 Å². The topological polar surface area (TPSA) is 72.8 Å². The molecule has 0 heterocycles. The number of ketones is 1. The number of carboxylic acids is 1. The predicted molar refractivity (Wildman–Crippen MR) is 83.8 cm³/mol. The average Bonchev–Trinajstić information content (AvgIpc) is 2.50. The number of hydrogen-bond acceptors (Lipinski definition) is 4. The van der Waals surface area contributed by atoms with Crippen molar-refractivity contribution in [1.82, 2.24) is 0 Å². The van der Waals surface area contributed by atoms with Crippen LogP contribution < -0.4 is 9.47 Å². The van der Waals surface area contributed by atoms with E-state index in [9.17, 15) is 9.59 Å². The zero-order valence-electron chi connectivity index (χ0n) is 13.3. The Labute approximate surface area is 131 Å². The van der Waals surface area contributed by atoms with E-state index in [1.165, 1.54) is 0 Å². The van der Waals surface area contributed by atoms with Crippen LogP contribution in [0.25, 0.3) is 0 Å². The van der Waals surface area contributed by atoms with Crippen molar-refractivity contribution in [3.05, 3.63) is 23.8 Å². The lowest BCUT2D eigenvalue weighted by molar-refractivity contribution is -0.137. The summed E-state index contributed by atoms with van der Waals surface area (Å²) in [5.74, 6) is 0.240. The number of Topliss-reactive ketones (excluding diaryl/α,β-unsaturated/α-hetero) is 1. The van der Waals surface area contributed by atoms with Crippen LogP contribution in [0.3, 0.4) is 0 Å². The van der Waals surface area contributed by atoms with Crippen LogP contribution in [-0.2, 0) is 4.79 Å². The standard InChI is InChI=1S/C17H24O5/c1-3-10-21-15-9-8-13(12-16(15)22-11-4-2)14(18)6-5-7-17(19)20/h8-9,12H,3-7,10-11H2,1-2H3,(H,19,20). The Morgan fingerprint density at radius 1 is 1.00 bits per heavy atom. The third-order valence-electron chi connectivity index (χ3n) is 2.98. The Morgan fingerprint density at radius 3 is 2.23 bits per heavy atom. The maximum Gasteiger partial charge on any atom is 0.303 e. The lowest BCUT2D eigenvalue weighted by atomic mass is 10.0. The van der Waals surface area contributed by atoms with Gasteiger partial charge in [0.2, 0.25) is 0 Å². The fourth-order valence-electron chi connectivity index (χ4n) is 1.88. The van der Waals surface area contributed by atoms with Gasteiger partial charge < -0.3 is 14.6 Å². The number of rotatable bonds is 11. The van der Waals surface area contributed by atoms with E-state index in [2.05, 4.69) is 0 Å². The van der Waals surface area contributed by atoms with Gasteiger partial charge in [-0.25, -0.2) is 0 Å². The number of ether oxygens (including phenoxy) is 2. The van der Waals surface area contributed by atoms with E-state index in [4.69, 9.17) is 14.6 Å². The maximum absolute atomic E-state index is 12.1. The Hall–Kier alpha value is -2.04. The number of carbonyl (C=O) groups is 2. The Morgan fingerprint density at radius 2 is 1.64 bits per heavy atom. The van der Waals surface area contributed by atoms with E-state index in [1.54, 1.807) is 18.2 Å². The number of carboxylic acid groups (broad SMARTS) is 1. The normalized spacial score (nSPS) is 10.3. The van der Waals surface area contributed by atoms with Crippen LogP contribution in [0.1, 0.15) is 56.3 Å². The summed E-state index contributed by atoms with van der Waals surface area (Å²) in [5.41, 5.74) is 0.528. The molecule has 5 nitrogen and oxygen atoms in total. The molecule has 0 spiro atoms. The van der Waals surface area contributed by atoms with Gasteiger partial charge >= 0.3 is 5.97 Å². The zero-order chi connectivity index (χ0) is 16.4. The molecule has 0 radical (unpaired) electrons. The fourth-order valence-corrected chi connectivity index (χ4v) is 1.88. The highest BCUT2D eigenvalue weighted by molar-refractivity contribution is 5.96. The molecule has 0 bridgehead atoms. The molecular formula is C17H24O5. The quantitative estimate of drug-likeness (QED) is 0.631. The summed E-state index contributed by atoms with van der Waals surface area (Å²) in [6.45, 7) is 5.17. The minimum atomic E-state index is -0.886. The van der Waals surface area contributed by atoms with Crippen molar-refractivity contribution in [2.45, 2.75) is 46.0 Å². The molecule has 0 atom stereocenters. The van der Waals surface area contributed by atoms with Gasteiger partial charge in [0.05, 0.1) is 13.2 Å². The van der Waals surface area contributed by atoms with E-state index in [0.717, 1.165) is 12.8 Å². The van der Waals surface area contributed by atoms with E-state index in [1.807, 2.05) is 13.8 Å². The minimum absolute atomic E-state index is 0.00261. The molecule has 0 aliphatic rings. The molecule has 0 amide bonds. The van der Waals surface area contributed by atoms with Crippen LogP contribution in [0.5, 0.6) is 11.5 Å². The van der Waals surface area contributed by atoms with Crippen LogP contribution in [0.2, 0.25) is 0 Å². The van der Waals surface area contributed by atoms with E-state index >= 15 is 0 Å². The van der Waals surface area contributed by atoms with Crippen LogP contribution in [0, 0.1) is 0 Å². The monoisotopic (exact) mass is 308 g/mol. The van der Waals surface area contributed by atoms with E-state index in [-0.39, 0.29) is 18.6 Å². The Kier molecular flexibility index (Phi) is 8.04. The predicted octanol–water partition coefficient (Wildman–Crippen LogP) is 3.70. The van der Waals surface area contributed by atoms with Crippen LogP contribution in [0.4, 0.5) is 0 Å². The molecule has 1 N–H and O–H groups in total. The highest BCUT2D eigenvalue weighted by atomic mass is 16.5. The molecule has 122 valence electrons. The molecule has 0 saturated carbocycles. The summed E-state index contributed by atoms with van der Waals surface area (Å²) in [6.07, 6.45) is 2.32. The van der Waals surface area contributed by atoms with Gasteiger partial charge in [-0.3, -0.25) is 9.59 Å². The second-order valence-electron chi connectivity index (χ2n) is 5.03. The van der Waals surface area contributed by atoms with Crippen LogP contribution >= 0.6 is 0 Å². The second-order valence-corrected chi connectivity index (χ2v) is 5.03. The zero-order valence-corrected chi connectivity index (χ0v) is 13.3. The molecule has 0 aromatic heterocycles. The van der Waals surface area contributed by atoms with Gasteiger partial charge in [0, 0.05) is 18.4 Å². The highest BCUT2D eigenvalue weighted by Gasteiger charge is 2.12. The first-order valence-corrected chi connectivity index (χ1v) is 7.73. The number of aliphatic carboxylic acids is 1. The minimum Gasteiger partial charge on any atom is -0.490 e. The van der Waals surface area contributed by atoms with Crippen molar-refractivity contribution in [1.29, 1.82) is 0 Å². The fraction of sp³-hybridized carbons (Fsp3) is 0.529.